The summed E-state index contributed by atoms with van der Waals surface area (Å²) in [6.45, 7) is 0.162. The molecule has 0 spiro atoms. The van der Waals surface area contributed by atoms with E-state index in [0.717, 1.165) is 22.4 Å². The molecule has 10 nitrogen and oxygen atoms in total. The zero-order valence-corrected chi connectivity index (χ0v) is 20.9. The van der Waals surface area contributed by atoms with Crippen molar-refractivity contribution in [3.8, 4) is 40.4 Å². The van der Waals surface area contributed by atoms with Crippen LogP contribution in [0, 0.1) is 0 Å². The van der Waals surface area contributed by atoms with Crippen molar-refractivity contribution in [2.24, 2.45) is 0 Å². The molecule has 192 valence electrons. The predicted octanol–water partition coefficient (Wildman–Crippen LogP) is 4.72. The maximum atomic E-state index is 10.1. The van der Waals surface area contributed by atoms with E-state index >= 15 is 0 Å². The van der Waals surface area contributed by atoms with Crippen LogP contribution in [0.15, 0.2) is 67.0 Å². The molecule has 38 heavy (non-hydrogen) atoms. The number of ether oxygens (including phenoxy) is 5. The van der Waals surface area contributed by atoms with Crippen molar-refractivity contribution >= 4 is 5.65 Å². The molecule has 0 saturated heterocycles. The molecule has 0 bridgehead atoms. The molecule has 1 atom stereocenters. The zero-order chi connectivity index (χ0) is 26.2. The fourth-order valence-electron chi connectivity index (χ4n) is 4.61. The highest BCUT2D eigenvalue weighted by Crippen LogP contribution is 2.49. The Bertz CT molecular complexity index is 1630. The number of hydrogen-bond donors (Lipinski definition) is 1. The minimum Gasteiger partial charge on any atom is -0.508 e. The molecule has 3 aromatic carbocycles. The monoisotopic (exact) mass is 512 g/mol. The summed E-state index contributed by atoms with van der Waals surface area (Å²) in [5.41, 5.74) is 3.08. The molecule has 1 aliphatic heterocycles. The first-order valence-electron chi connectivity index (χ1n) is 11.8. The van der Waals surface area contributed by atoms with Crippen molar-refractivity contribution < 1.29 is 28.8 Å². The van der Waals surface area contributed by atoms with Gasteiger partial charge >= 0.3 is 0 Å². The Hall–Kier alpha value is -4.99. The van der Waals surface area contributed by atoms with Gasteiger partial charge in [0.1, 0.15) is 35.9 Å². The Kier molecular flexibility index (Phi) is 5.83. The standard InChI is InChI=1S/C28H24N4O6/c1-34-18-6-8-19(9-7-18)37-14-24-30-27-26-25(16-4-11-21(35-2)23(12-16)36-3)20-10-5-17(33)13-22(20)38-28(26)29-15-32(27)31-24/h4-13,15,25,33H,14H2,1-3H3/t25-/m1/s1. The van der Waals surface area contributed by atoms with Gasteiger partial charge in [0.15, 0.2) is 23.0 Å². The summed E-state index contributed by atoms with van der Waals surface area (Å²) in [4.78, 5) is 9.32. The fourth-order valence-corrected chi connectivity index (χ4v) is 4.61. The number of hydrogen-bond acceptors (Lipinski definition) is 9. The van der Waals surface area contributed by atoms with Gasteiger partial charge in [-0.2, -0.15) is 0 Å². The van der Waals surface area contributed by atoms with Crippen molar-refractivity contribution in [3.05, 3.63) is 89.5 Å². The maximum Gasteiger partial charge on any atom is 0.228 e. The van der Waals surface area contributed by atoms with Crippen molar-refractivity contribution in [3.63, 3.8) is 0 Å². The molecule has 1 N–H and O–H groups in total. The SMILES string of the molecule is COc1ccc(OCc2nc3c4c(ncn3n2)Oc2cc(O)ccc2[C@H]4c2ccc(OC)c(OC)c2)cc1. The Balaban J connectivity index is 1.44. The van der Waals surface area contributed by atoms with E-state index in [0.29, 0.717) is 40.3 Å². The van der Waals surface area contributed by atoms with Crippen LogP contribution in [-0.4, -0.2) is 46.0 Å². The van der Waals surface area contributed by atoms with Crippen molar-refractivity contribution in [2.45, 2.75) is 12.5 Å². The second-order valence-electron chi connectivity index (χ2n) is 8.60. The van der Waals surface area contributed by atoms with E-state index in [1.165, 1.54) is 0 Å². The minimum atomic E-state index is -0.329. The lowest BCUT2D eigenvalue weighted by molar-refractivity contribution is 0.295. The van der Waals surface area contributed by atoms with Crippen LogP contribution in [0.25, 0.3) is 5.65 Å². The summed E-state index contributed by atoms with van der Waals surface area (Å²) in [6, 6.07) is 18.1. The summed E-state index contributed by atoms with van der Waals surface area (Å²) in [7, 11) is 4.81. The van der Waals surface area contributed by atoms with Crippen LogP contribution < -0.4 is 23.7 Å². The third kappa shape index (κ3) is 4.05. The quantitative estimate of drug-likeness (QED) is 0.325. The number of methoxy groups -OCH3 is 3. The van der Waals surface area contributed by atoms with E-state index in [1.807, 2.05) is 48.5 Å². The van der Waals surface area contributed by atoms with Gasteiger partial charge in [0.05, 0.1) is 26.9 Å². The third-order valence-corrected chi connectivity index (χ3v) is 6.40. The Morgan fingerprint density at radius 3 is 2.45 bits per heavy atom. The maximum absolute atomic E-state index is 10.1. The van der Waals surface area contributed by atoms with E-state index in [-0.39, 0.29) is 18.3 Å². The minimum absolute atomic E-state index is 0.0970. The van der Waals surface area contributed by atoms with Crippen LogP contribution in [0.4, 0.5) is 0 Å². The molecule has 0 amide bonds. The van der Waals surface area contributed by atoms with Crippen LogP contribution in [-0.2, 0) is 6.61 Å². The van der Waals surface area contributed by atoms with Crippen molar-refractivity contribution in [2.75, 3.05) is 21.3 Å². The highest BCUT2D eigenvalue weighted by Gasteiger charge is 2.34. The Morgan fingerprint density at radius 1 is 0.895 bits per heavy atom. The summed E-state index contributed by atoms with van der Waals surface area (Å²) < 4.78 is 29.9. The number of fused-ring (bicyclic) bond motifs is 4. The average Bonchev–Trinajstić information content (AvgIpc) is 3.38. The van der Waals surface area contributed by atoms with Gasteiger partial charge in [-0.05, 0) is 48.0 Å². The summed E-state index contributed by atoms with van der Waals surface area (Å²) in [5.74, 6) is 3.77. The van der Waals surface area contributed by atoms with E-state index in [9.17, 15) is 5.11 Å². The number of benzene rings is 3. The van der Waals surface area contributed by atoms with Gasteiger partial charge in [-0.25, -0.2) is 14.5 Å². The van der Waals surface area contributed by atoms with Gasteiger partial charge < -0.3 is 28.8 Å². The van der Waals surface area contributed by atoms with Gasteiger partial charge in [-0.1, -0.05) is 12.1 Å². The van der Waals surface area contributed by atoms with Crippen LogP contribution in [0.5, 0.6) is 40.4 Å². The average molecular weight is 513 g/mol. The van der Waals surface area contributed by atoms with E-state index in [2.05, 4.69) is 10.1 Å². The van der Waals surface area contributed by atoms with Gasteiger partial charge in [-0.15, -0.1) is 5.10 Å². The lowest BCUT2D eigenvalue weighted by Crippen LogP contribution is -2.15. The molecule has 10 heteroatoms. The topological polar surface area (TPSA) is 109 Å². The van der Waals surface area contributed by atoms with Crippen LogP contribution in [0.1, 0.15) is 28.4 Å². The number of aromatic hydroxyl groups is 1. The smallest absolute Gasteiger partial charge is 0.228 e. The predicted molar refractivity (Wildman–Crippen MR) is 137 cm³/mol. The van der Waals surface area contributed by atoms with E-state index in [4.69, 9.17) is 28.7 Å². The first-order valence-corrected chi connectivity index (χ1v) is 11.8. The van der Waals surface area contributed by atoms with Crippen molar-refractivity contribution in [1.29, 1.82) is 0 Å². The van der Waals surface area contributed by atoms with Gasteiger partial charge in [0.25, 0.3) is 0 Å². The molecular weight excluding hydrogens is 488 g/mol. The number of phenols is 1. The highest BCUT2D eigenvalue weighted by molar-refractivity contribution is 5.67. The highest BCUT2D eigenvalue weighted by atomic mass is 16.5. The first kappa shape index (κ1) is 23.4. The summed E-state index contributed by atoms with van der Waals surface area (Å²) >= 11 is 0. The molecule has 6 rings (SSSR count). The van der Waals surface area contributed by atoms with Crippen LogP contribution >= 0.6 is 0 Å². The Labute approximate surface area is 218 Å². The molecule has 0 fully saturated rings. The number of aromatic nitrogens is 4. The third-order valence-electron chi connectivity index (χ3n) is 6.40. The molecule has 5 aromatic rings. The molecule has 0 unspecified atom stereocenters. The molecule has 2 aromatic heterocycles. The largest absolute Gasteiger partial charge is 0.508 e. The normalized spacial score (nSPS) is 13.8. The molecule has 0 aliphatic carbocycles. The Morgan fingerprint density at radius 2 is 1.68 bits per heavy atom. The molecule has 0 radical (unpaired) electrons. The van der Waals surface area contributed by atoms with Gasteiger partial charge in [0.2, 0.25) is 5.88 Å². The second kappa shape index (κ2) is 9.47. The molecule has 1 aliphatic rings. The van der Waals surface area contributed by atoms with Crippen LogP contribution in [0.2, 0.25) is 0 Å². The molecule has 0 saturated carbocycles. The molecule has 3 heterocycles. The summed E-state index contributed by atoms with van der Waals surface area (Å²) in [5, 5.41) is 14.7. The number of nitrogens with zero attached hydrogens (tertiary/aromatic N) is 4. The first-order chi connectivity index (χ1) is 18.6. The lowest BCUT2D eigenvalue weighted by Gasteiger charge is -2.28. The van der Waals surface area contributed by atoms with E-state index < -0.39 is 0 Å². The van der Waals surface area contributed by atoms with Gasteiger partial charge in [0, 0.05) is 17.5 Å². The number of phenolic OH excluding ortho intramolecular Hbond substituents is 1. The van der Waals surface area contributed by atoms with E-state index in [1.54, 1.807) is 44.3 Å². The second-order valence-corrected chi connectivity index (χ2v) is 8.60. The van der Waals surface area contributed by atoms with Gasteiger partial charge in [-0.3, -0.25) is 0 Å². The lowest BCUT2D eigenvalue weighted by atomic mass is 9.83. The summed E-state index contributed by atoms with van der Waals surface area (Å²) in [6.07, 6.45) is 1.55. The van der Waals surface area contributed by atoms with Crippen LogP contribution in [0.3, 0.4) is 0 Å². The number of rotatable bonds is 7. The molecular formula is C28H24N4O6. The van der Waals surface area contributed by atoms with Crippen molar-refractivity contribution in [1.82, 2.24) is 19.6 Å². The zero-order valence-electron chi connectivity index (χ0n) is 20.9. The fraction of sp³-hybridized carbons (Fsp3) is 0.179.